The van der Waals surface area contributed by atoms with Gasteiger partial charge in [-0.2, -0.15) is 9.36 Å². The van der Waals surface area contributed by atoms with Crippen molar-refractivity contribution in [3.05, 3.63) is 36.3 Å². The quantitative estimate of drug-likeness (QED) is 0.744. The topological polar surface area (TPSA) is 73.9 Å². The van der Waals surface area contributed by atoms with E-state index in [-0.39, 0.29) is 0 Å². The van der Waals surface area contributed by atoms with Crippen molar-refractivity contribution in [2.75, 3.05) is 5.73 Å². The Kier molecular flexibility index (Phi) is 3.47. The van der Waals surface area contributed by atoms with Crippen LogP contribution in [-0.4, -0.2) is 14.3 Å². The van der Waals surface area contributed by atoms with E-state index >= 15 is 0 Å². The molecule has 20 heavy (non-hydrogen) atoms. The lowest BCUT2D eigenvalue weighted by Crippen LogP contribution is -1.92. The fourth-order valence-electron chi connectivity index (χ4n) is 1.95. The zero-order valence-corrected chi connectivity index (χ0v) is 11.9. The van der Waals surface area contributed by atoms with E-state index in [1.54, 1.807) is 6.20 Å². The first kappa shape index (κ1) is 12.8. The summed E-state index contributed by atoms with van der Waals surface area (Å²) in [6.07, 6.45) is 3.60. The predicted molar refractivity (Wildman–Crippen MR) is 80.1 cm³/mol. The summed E-state index contributed by atoms with van der Waals surface area (Å²) in [6.45, 7) is 2.10. The van der Waals surface area contributed by atoms with Crippen LogP contribution in [0.4, 0.5) is 5.69 Å². The molecule has 2 heterocycles. The molecular formula is C14H14N4OS. The number of hydrogen-bond donors (Lipinski definition) is 1. The lowest BCUT2D eigenvalue weighted by molar-refractivity contribution is 0.481. The van der Waals surface area contributed by atoms with Gasteiger partial charge >= 0.3 is 0 Å². The third-order valence-electron chi connectivity index (χ3n) is 2.89. The van der Waals surface area contributed by atoms with Crippen LogP contribution in [0.2, 0.25) is 0 Å². The van der Waals surface area contributed by atoms with Gasteiger partial charge < -0.3 is 10.5 Å². The smallest absolute Gasteiger partial charge is 0.298 e. The Hall–Kier alpha value is -2.21. The number of nitrogens with zero attached hydrogens (tertiary/aromatic N) is 3. The Bertz CT molecular complexity index is 741. The van der Waals surface area contributed by atoms with Gasteiger partial charge in [0, 0.05) is 35.2 Å². The number of fused-ring (bicyclic) bond motifs is 1. The molecule has 0 atom stereocenters. The highest BCUT2D eigenvalue weighted by Crippen LogP contribution is 2.32. The standard InChI is InChI=1S/C14H14N4OS/c1-2-4-12-17-14(20-18-12)19-11-7-6-10(15)9-5-3-8-16-13(9)11/h3,5-8H,2,4,15H2,1H3. The summed E-state index contributed by atoms with van der Waals surface area (Å²) in [7, 11) is 0. The SMILES string of the molecule is CCCc1nsc(Oc2ccc(N)c3cccnc23)n1. The van der Waals surface area contributed by atoms with E-state index in [2.05, 4.69) is 21.3 Å². The Morgan fingerprint density at radius 3 is 3.05 bits per heavy atom. The van der Waals surface area contributed by atoms with E-state index < -0.39 is 0 Å². The first-order valence-electron chi connectivity index (χ1n) is 6.41. The number of aryl methyl sites for hydroxylation is 1. The zero-order valence-electron chi connectivity index (χ0n) is 11.0. The van der Waals surface area contributed by atoms with E-state index in [1.165, 1.54) is 11.5 Å². The minimum absolute atomic E-state index is 0.533. The van der Waals surface area contributed by atoms with E-state index in [1.807, 2.05) is 24.3 Å². The minimum Gasteiger partial charge on any atom is -0.428 e. The van der Waals surface area contributed by atoms with Gasteiger partial charge in [-0.15, -0.1) is 0 Å². The molecule has 102 valence electrons. The van der Waals surface area contributed by atoms with Crippen LogP contribution in [0.3, 0.4) is 0 Å². The summed E-state index contributed by atoms with van der Waals surface area (Å²) in [6, 6.07) is 7.40. The van der Waals surface area contributed by atoms with Crippen molar-refractivity contribution >= 4 is 28.1 Å². The molecule has 0 unspecified atom stereocenters. The van der Waals surface area contributed by atoms with Gasteiger partial charge in [0.2, 0.25) is 0 Å². The molecule has 0 saturated heterocycles. The maximum Gasteiger partial charge on any atom is 0.298 e. The summed E-state index contributed by atoms with van der Waals surface area (Å²) in [5, 5.41) is 1.41. The number of hydrogen-bond acceptors (Lipinski definition) is 6. The normalized spacial score (nSPS) is 10.8. The molecular weight excluding hydrogens is 272 g/mol. The number of nitrogen functional groups attached to an aromatic ring is 1. The number of rotatable bonds is 4. The van der Waals surface area contributed by atoms with Crippen LogP contribution in [0, 0.1) is 0 Å². The fraction of sp³-hybridized carbons (Fsp3) is 0.214. The van der Waals surface area contributed by atoms with Crippen LogP contribution in [0.25, 0.3) is 10.9 Å². The van der Waals surface area contributed by atoms with Crippen molar-refractivity contribution in [2.45, 2.75) is 19.8 Å². The molecule has 1 aromatic carbocycles. The summed E-state index contributed by atoms with van der Waals surface area (Å²) in [4.78, 5) is 8.68. The van der Waals surface area contributed by atoms with Gasteiger partial charge in [0.15, 0.2) is 5.75 Å². The van der Waals surface area contributed by atoms with Gasteiger partial charge in [-0.05, 0) is 30.7 Å². The average molecular weight is 286 g/mol. The van der Waals surface area contributed by atoms with Gasteiger partial charge in [0.25, 0.3) is 5.19 Å². The van der Waals surface area contributed by atoms with Gasteiger partial charge in [-0.25, -0.2) is 0 Å². The van der Waals surface area contributed by atoms with E-state index in [9.17, 15) is 0 Å². The van der Waals surface area contributed by atoms with E-state index in [0.717, 1.165) is 29.6 Å². The zero-order chi connectivity index (χ0) is 13.9. The second-order valence-electron chi connectivity index (χ2n) is 4.38. The Morgan fingerprint density at radius 2 is 2.20 bits per heavy atom. The highest BCUT2D eigenvalue weighted by atomic mass is 32.1. The molecule has 2 N–H and O–H groups in total. The third-order valence-corrected chi connectivity index (χ3v) is 3.52. The van der Waals surface area contributed by atoms with Crippen LogP contribution in [0.1, 0.15) is 19.2 Å². The molecule has 3 aromatic rings. The van der Waals surface area contributed by atoms with Crippen LogP contribution in [0.5, 0.6) is 10.9 Å². The molecule has 5 nitrogen and oxygen atoms in total. The monoisotopic (exact) mass is 286 g/mol. The van der Waals surface area contributed by atoms with Crippen molar-refractivity contribution in [3.8, 4) is 10.9 Å². The number of pyridine rings is 1. The Balaban J connectivity index is 1.96. The van der Waals surface area contributed by atoms with Crippen LogP contribution >= 0.6 is 11.5 Å². The molecule has 0 aliphatic carbocycles. The first-order chi connectivity index (χ1) is 9.78. The molecule has 0 fully saturated rings. The maximum atomic E-state index is 5.94. The number of nitrogens with two attached hydrogens (primary N) is 1. The summed E-state index contributed by atoms with van der Waals surface area (Å²) in [5.74, 6) is 1.47. The largest absolute Gasteiger partial charge is 0.428 e. The number of aromatic nitrogens is 3. The number of ether oxygens (including phenoxy) is 1. The molecule has 3 rings (SSSR count). The molecule has 0 amide bonds. The molecule has 0 saturated carbocycles. The third kappa shape index (κ3) is 2.42. The van der Waals surface area contributed by atoms with E-state index in [4.69, 9.17) is 10.5 Å². The van der Waals surface area contributed by atoms with Gasteiger partial charge in [-0.1, -0.05) is 6.92 Å². The highest BCUT2D eigenvalue weighted by Gasteiger charge is 2.10. The molecule has 0 spiro atoms. The van der Waals surface area contributed by atoms with Gasteiger partial charge in [-0.3, -0.25) is 4.98 Å². The molecule has 0 aliphatic heterocycles. The molecule has 2 aromatic heterocycles. The summed E-state index contributed by atoms with van der Waals surface area (Å²) >= 11 is 1.25. The maximum absolute atomic E-state index is 5.94. The van der Waals surface area contributed by atoms with Gasteiger partial charge in [0.1, 0.15) is 11.3 Å². The molecule has 0 bridgehead atoms. The van der Waals surface area contributed by atoms with Crippen molar-refractivity contribution in [3.63, 3.8) is 0 Å². The van der Waals surface area contributed by atoms with Crippen LogP contribution in [0.15, 0.2) is 30.5 Å². The van der Waals surface area contributed by atoms with E-state index in [0.29, 0.717) is 16.6 Å². The minimum atomic E-state index is 0.533. The summed E-state index contributed by atoms with van der Waals surface area (Å²) in [5.41, 5.74) is 7.36. The van der Waals surface area contributed by atoms with Crippen molar-refractivity contribution in [2.24, 2.45) is 0 Å². The number of benzene rings is 1. The summed E-state index contributed by atoms with van der Waals surface area (Å²) < 4.78 is 10.1. The predicted octanol–water partition coefficient (Wildman–Crippen LogP) is 3.41. The second kappa shape index (κ2) is 5.42. The Labute approximate surface area is 120 Å². The lowest BCUT2D eigenvalue weighted by Gasteiger charge is -2.06. The van der Waals surface area contributed by atoms with Crippen molar-refractivity contribution < 1.29 is 4.74 Å². The molecule has 6 heteroatoms. The molecule has 0 radical (unpaired) electrons. The highest BCUT2D eigenvalue weighted by molar-refractivity contribution is 7.07. The van der Waals surface area contributed by atoms with Crippen LogP contribution in [-0.2, 0) is 6.42 Å². The average Bonchev–Trinajstić information content (AvgIpc) is 2.90. The first-order valence-corrected chi connectivity index (χ1v) is 7.19. The van der Waals surface area contributed by atoms with Crippen molar-refractivity contribution in [1.29, 1.82) is 0 Å². The van der Waals surface area contributed by atoms with Crippen molar-refractivity contribution in [1.82, 2.24) is 14.3 Å². The number of anilines is 1. The van der Waals surface area contributed by atoms with Crippen LogP contribution < -0.4 is 10.5 Å². The Morgan fingerprint density at radius 1 is 1.30 bits per heavy atom. The lowest BCUT2D eigenvalue weighted by atomic mass is 10.2. The molecule has 0 aliphatic rings. The fourth-order valence-corrected chi connectivity index (χ4v) is 2.54. The second-order valence-corrected chi connectivity index (χ2v) is 5.10. The van der Waals surface area contributed by atoms with Gasteiger partial charge in [0.05, 0.1) is 0 Å².